The van der Waals surface area contributed by atoms with Crippen LogP contribution in [0.1, 0.15) is 11.3 Å². The predicted molar refractivity (Wildman–Crippen MR) is 81.3 cm³/mol. The standard InChI is InChI=1S/C15H10BrFN4/c16-10-4-5-15-20-11(9-21(15)8-10)7-19-14-3-1-2-13(17)12(14)6-18/h1-5,8-9,19H,7H2. The fourth-order valence-electron chi connectivity index (χ4n) is 2.07. The SMILES string of the molecule is N#Cc1c(F)cccc1NCc1cn2cc(Br)ccc2n1. The molecule has 3 rings (SSSR count). The molecule has 0 aliphatic carbocycles. The molecule has 1 N–H and O–H groups in total. The zero-order chi connectivity index (χ0) is 14.8. The summed E-state index contributed by atoms with van der Waals surface area (Å²) < 4.78 is 16.4. The molecule has 0 unspecified atom stereocenters. The molecule has 1 aromatic carbocycles. The number of rotatable bonds is 3. The van der Waals surface area contributed by atoms with Crippen LogP contribution in [-0.2, 0) is 6.54 Å². The second kappa shape index (κ2) is 5.54. The number of nitrogens with one attached hydrogen (secondary N) is 1. The Balaban J connectivity index is 1.84. The minimum absolute atomic E-state index is 0.0176. The first kappa shape index (κ1) is 13.6. The number of hydrogen-bond acceptors (Lipinski definition) is 3. The van der Waals surface area contributed by atoms with Gasteiger partial charge in [-0.3, -0.25) is 0 Å². The first-order valence-electron chi connectivity index (χ1n) is 6.23. The van der Waals surface area contributed by atoms with Crippen LogP contribution in [0.15, 0.2) is 47.2 Å². The van der Waals surface area contributed by atoms with Crippen LogP contribution in [0, 0.1) is 17.1 Å². The summed E-state index contributed by atoms with van der Waals surface area (Å²) in [7, 11) is 0. The molecule has 3 aromatic rings. The number of imidazole rings is 1. The van der Waals surface area contributed by atoms with Crippen molar-refractivity contribution in [3.63, 3.8) is 0 Å². The van der Waals surface area contributed by atoms with E-state index in [9.17, 15) is 4.39 Å². The van der Waals surface area contributed by atoms with E-state index in [1.807, 2.05) is 35.0 Å². The molecule has 0 amide bonds. The molecular formula is C15H10BrFN4. The molecule has 0 bridgehead atoms. The van der Waals surface area contributed by atoms with E-state index < -0.39 is 5.82 Å². The number of fused-ring (bicyclic) bond motifs is 1. The highest BCUT2D eigenvalue weighted by Crippen LogP contribution is 2.19. The van der Waals surface area contributed by atoms with Gasteiger partial charge in [0.05, 0.1) is 17.9 Å². The minimum Gasteiger partial charge on any atom is -0.378 e. The van der Waals surface area contributed by atoms with Gasteiger partial charge in [-0.2, -0.15) is 5.26 Å². The van der Waals surface area contributed by atoms with Gasteiger partial charge in [0.15, 0.2) is 0 Å². The Kier molecular flexibility index (Phi) is 3.59. The monoisotopic (exact) mass is 344 g/mol. The number of hydrogen-bond donors (Lipinski definition) is 1. The normalized spacial score (nSPS) is 10.5. The van der Waals surface area contributed by atoms with Gasteiger partial charge in [-0.05, 0) is 40.2 Å². The second-order valence-corrected chi connectivity index (χ2v) is 5.39. The van der Waals surface area contributed by atoms with Gasteiger partial charge in [-0.15, -0.1) is 0 Å². The highest BCUT2D eigenvalue weighted by atomic mass is 79.9. The molecule has 0 spiro atoms. The lowest BCUT2D eigenvalue weighted by atomic mass is 10.2. The van der Waals surface area contributed by atoms with Crippen molar-refractivity contribution in [2.24, 2.45) is 0 Å². The second-order valence-electron chi connectivity index (χ2n) is 4.47. The smallest absolute Gasteiger partial charge is 0.143 e. The summed E-state index contributed by atoms with van der Waals surface area (Å²) in [5, 5.41) is 12.0. The maximum absolute atomic E-state index is 13.5. The van der Waals surface area contributed by atoms with Crippen LogP contribution >= 0.6 is 15.9 Å². The summed E-state index contributed by atoms with van der Waals surface area (Å²) in [6.45, 7) is 0.414. The molecule has 104 valence electrons. The largest absolute Gasteiger partial charge is 0.378 e. The Hall–Kier alpha value is -2.39. The highest BCUT2D eigenvalue weighted by Gasteiger charge is 2.08. The summed E-state index contributed by atoms with van der Waals surface area (Å²) in [6, 6.07) is 10.2. The molecule has 0 saturated carbocycles. The van der Waals surface area contributed by atoms with Gasteiger partial charge in [0, 0.05) is 16.9 Å². The average molecular weight is 345 g/mol. The van der Waals surface area contributed by atoms with Crippen LogP contribution in [0.4, 0.5) is 10.1 Å². The van der Waals surface area contributed by atoms with E-state index in [0.29, 0.717) is 12.2 Å². The first-order chi connectivity index (χ1) is 10.2. The van der Waals surface area contributed by atoms with Gasteiger partial charge >= 0.3 is 0 Å². The van der Waals surface area contributed by atoms with Gasteiger partial charge in [0.2, 0.25) is 0 Å². The lowest BCUT2D eigenvalue weighted by Gasteiger charge is -2.06. The molecule has 2 heterocycles. The van der Waals surface area contributed by atoms with Crippen molar-refractivity contribution in [2.45, 2.75) is 6.54 Å². The lowest BCUT2D eigenvalue weighted by Crippen LogP contribution is -2.02. The molecule has 0 saturated heterocycles. The van der Waals surface area contributed by atoms with E-state index in [1.165, 1.54) is 6.07 Å². The number of halogens is 2. The van der Waals surface area contributed by atoms with Crippen molar-refractivity contribution in [2.75, 3.05) is 5.32 Å². The fraction of sp³-hybridized carbons (Fsp3) is 0.0667. The molecular weight excluding hydrogens is 335 g/mol. The summed E-state index contributed by atoms with van der Waals surface area (Å²) in [6.07, 6.45) is 3.80. The number of benzene rings is 1. The molecule has 6 heteroatoms. The number of nitriles is 1. The molecule has 21 heavy (non-hydrogen) atoms. The summed E-state index contributed by atoms with van der Waals surface area (Å²) in [5.74, 6) is -0.526. The van der Waals surface area contributed by atoms with Gasteiger partial charge < -0.3 is 9.72 Å². The van der Waals surface area contributed by atoms with Crippen LogP contribution in [-0.4, -0.2) is 9.38 Å². The molecule has 0 aliphatic rings. The van der Waals surface area contributed by atoms with Gasteiger partial charge in [0.1, 0.15) is 23.1 Å². The van der Waals surface area contributed by atoms with E-state index in [1.54, 1.807) is 12.1 Å². The Morgan fingerprint density at radius 1 is 1.29 bits per heavy atom. The number of aromatic nitrogens is 2. The maximum Gasteiger partial charge on any atom is 0.143 e. The van der Waals surface area contributed by atoms with Gasteiger partial charge in [-0.1, -0.05) is 6.07 Å². The molecule has 2 aromatic heterocycles. The maximum atomic E-state index is 13.5. The molecule has 4 nitrogen and oxygen atoms in total. The van der Waals surface area contributed by atoms with Gasteiger partial charge in [0.25, 0.3) is 0 Å². The molecule has 0 atom stereocenters. The van der Waals surface area contributed by atoms with Crippen LogP contribution in [0.3, 0.4) is 0 Å². The van der Waals surface area contributed by atoms with Crippen molar-refractivity contribution in [3.8, 4) is 6.07 Å². The third kappa shape index (κ3) is 2.73. The van der Waals surface area contributed by atoms with Crippen molar-refractivity contribution in [1.29, 1.82) is 5.26 Å². The lowest BCUT2D eigenvalue weighted by molar-refractivity contribution is 0.624. The number of pyridine rings is 1. The third-order valence-corrected chi connectivity index (χ3v) is 3.52. The molecule has 0 aliphatic heterocycles. The van der Waals surface area contributed by atoms with Crippen molar-refractivity contribution < 1.29 is 4.39 Å². The van der Waals surface area contributed by atoms with Gasteiger partial charge in [-0.25, -0.2) is 9.37 Å². The molecule has 0 fully saturated rings. The third-order valence-electron chi connectivity index (χ3n) is 3.05. The van der Waals surface area contributed by atoms with E-state index in [-0.39, 0.29) is 5.56 Å². The Labute approximate surface area is 129 Å². The Morgan fingerprint density at radius 3 is 2.95 bits per heavy atom. The summed E-state index contributed by atoms with van der Waals surface area (Å²) >= 11 is 3.40. The quantitative estimate of drug-likeness (QED) is 0.787. The van der Waals surface area contributed by atoms with Crippen LogP contribution in [0.2, 0.25) is 0 Å². The zero-order valence-electron chi connectivity index (χ0n) is 10.8. The van der Waals surface area contributed by atoms with E-state index in [4.69, 9.17) is 5.26 Å². The predicted octanol–water partition coefficient (Wildman–Crippen LogP) is 3.72. The van der Waals surface area contributed by atoms with Crippen LogP contribution in [0.5, 0.6) is 0 Å². The van der Waals surface area contributed by atoms with Crippen molar-refractivity contribution in [3.05, 3.63) is 64.3 Å². The molecule has 0 radical (unpaired) electrons. The Bertz CT molecular complexity index is 850. The topological polar surface area (TPSA) is 53.1 Å². The van der Waals surface area contributed by atoms with E-state index in [0.717, 1.165) is 15.8 Å². The Morgan fingerprint density at radius 2 is 2.14 bits per heavy atom. The number of nitrogens with zero attached hydrogens (tertiary/aromatic N) is 3. The highest BCUT2D eigenvalue weighted by molar-refractivity contribution is 9.10. The van der Waals surface area contributed by atoms with Crippen LogP contribution in [0.25, 0.3) is 5.65 Å². The zero-order valence-corrected chi connectivity index (χ0v) is 12.4. The van der Waals surface area contributed by atoms with Crippen molar-refractivity contribution in [1.82, 2.24) is 9.38 Å². The van der Waals surface area contributed by atoms with E-state index >= 15 is 0 Å². The summed E-state index contributed by atoms with van der Waals surface area (Å²) in [4.78, 5) is 4.45. The average Bonchev–Trinajstić information content (AvgIpc) is 2.87. The fourth-order valence-corrected chi connectivity index (χ4v) is 2.43. The van der Waals surface area contributed by atoms with Crippen molar-refractivity contribution >= 4 is 27.3 Å². The van der Waals surface area contributed by atoms with E-state index in [2.05, 4.69) is 26.2 Å². The number of anilines is 1. The first-order valence-corrected chi connectivity index (χ1v) is 7.02. The summed E-state index contributed by atoms with van der Waals surface area (Å²) in [5.41, 5.74) is 2.12. The minimum atomic E-state index is -0.526. The van der Waals surface area contributed by atoms with Crippen LogP contribution < -0.4 is 5.32 Å².